The smallest absolute Gasteiger partial charge is 0.254 e. The van der Waals surface area contributed by atoms with Crippen molar-refractivity contribution >= 4 is 15.7 Å². The number of hydrogen-bond donors (Lipinski definition) is 0. The molecule has 0 atom stereocenters. The van der Waals surface area contributed by atoms with Crippen LogP contribution in [0.5, 0.6) is 0 Å². The Bertz CT molecular complexity index is 779. The molecular formula is C17H17NO4S. The van der Waals surface area contributed by atoms with Crippen molar-refractivity contribution in [3.8, 4) is 0 Å². The van der Waals surface area contributed by atoms with Gasteiger partial charge in [-0.3, -0.25) is 4.79 Å². The Morgan fingerprint density at radius 3 is 2.04 bits per heavy atom. The molecule has 0 radical (unpaired) electrons. The van der Waals surface area contributed by atoms with E-state index in [9.17, 15) is 13.2 Å². The zero-order valence-corrected chi connectivity index (χ0v) is 13.3. The van der Waals surface area contributed by atoms with Crippen LogP contribution in [0.3, 0.4) is 0 Å². The number of morpholine rings is 1. The van der Waals surface area contributed by atoms with Crippen LogP contribution in [0.2, 0.25) is 0 Å². The summed E-state index contributed by atoms with van der Waals surface area (Å²) in [6.07, 6.45) is 0. The average molecular weight is 331 g/mol. The Labute approximate surface area is 135 Å². The predicted molar refractivity (Wildman–Crippen MR) is 85.1 cm³/mol. The largest absolute Gasteiger partial charge is 0.378 e. The second kappa shape index (κ2) is 6.52. The molecule has 0 aromatic heterocycles. The van der Waals surface area contributed by atoms with Gasteiger partial charge in [-0.1, -0.05) is 18.2 Å². The molecule has 0 unspecified atom stereocenters. The summed E-state index contributed by atoms with van der Waals surface area (Å²) < 4.78 is 30.2. The van der Waals surface area contributed by atoms with Crippen LogP contribution < -0.4 is 0 Å². The fourth-order valence-corrected chi connectivity index (χ4v) is 3.74. The van der Waals surface area contributed by atoms with Crippen molar-refractivity contribution in [2.45, 2.75) is 9.79 Å². The van der Waals surface area contributed by atoms with Gasteiger partial charge in [0.25, 0.3) is 5.91 Å². The minimum Gasteiger partial charge on any atom is -0.378 e. The minimum atomic E-state index is -3.55. The van der Waals surface area contributed by atoms with Gasteiger partial charge in [-0.2, -0.15) is 0 Å². The highest BCUT2D eigenvalue weighted by molar-refractivity contribution is 7.91. The summed E-state index contributed by atoms with van der Waals surface area (Å²) in [7, 11) is -3.55. The topological polar surface area (TPSA) is 63.7 Å². The molecule has 1 heterocycles. The van der Waals surface area contributed by atoms with Crippen molar-refractivity contribution in [3.63, 3.8) is 0 Å². The first-order valence-electron chi connectivity index (χ1n) is 7.36. The van der Waals surface area contributed by atoms with E-state index >= 15 is 0 Å². The lowest BCUT2D eigenvalue weighted by molar-refractivity contribution is 0.0303. The van der Waals surface area contributed by atoms with E-state index < -0.39 is 9.84 Å². The first-order valence-corrected chi connectivity index (χ1v) is 8.84. The predicted octanol–water partition coefficient (Wildman–Crippen LogP) is 1.99. The Balaban J connectivity index is 1.83. The summed E-state index contributed by atoms with van der Waals surface area (Å²) in [6, 6.07) is 14.3. The van der Waals surface area contributed by atoms with Crippen molar-refractivity contribution in [2.75, 3.05) is 26.3 Å². The molecular weight excluding hydrogens is 314 g/mol. The SMILES string of the molecule is O=C(c1ccc(S(=O)(=O)c2ccccc2)cc1)N1CCOCC1. The van der Waals surface area contributed by atoms with Gasteiger partial charge < -0.3 is 9.64 Å². The second-order valence-electron chi connectivity index (χ2n) is 5.25. The monoisotopic (exact) mass is 331 g/mol. The number of benzene rings is 2. The molecule has 1 saturated heterocycles. The van der Waals surface area contributed by atoms with Crippen molar-refractivity contribution in [1.29, 1.82) is 0 Å². The molecule has 3 rings (SSSR count). The fraction of sp³-hybridized carbons (Fsp3) is 0.235. The molecule has 5 nitrogen and oxygen atoms in total. The molecule has 0 aliphatic carbocycles. The summed E-state index contributed by atoms with van der Waals surface area (Å²) in [5, 5.41) is 0. The van der Waals surface area contributed by atoms with E-state index in [1.165, 1.54) is 12.1 Å². The first kappa shape index (κ1) is 15.7. The Morgan fingerprint density at radius 1 is 0.870 bits per heavy atom. The minimum absolute atomic E-state index is 0.100. The third-order valence-corrected chi connectivity index (χ3v) is 5.55. The van der Waals surface area contributed by atoms with Crippen LogP contribution >= 0.6 is 0 Å². The molecule has 0 bridgehead atoms. The number of amides is 1. The van der Waals surface area contributed by atoms with Crippen molar-refractivity contribution in [2.24, 2.45) is 0 Å². The van der Waals surface area contributed by atoms with E-state index in [0.717, 1.165) is 0 Å². The molecule has 1 fully saturated rings. The van der Waals surface area contributed by atoms with Crippen LogP contribution in [0.1, 0.15) is 10.4 Å². The molecule has 1 aliphatic rings. The van der Waals surface area contributed by atoms with Gasteiger partial charge in [0.2, 0.25) is 9.84 Å². The van der Waals surface area contributed by atoms with Crippen LogP contribution in [0.15, 0.2) is 64.4 Å². The summed E-state index contributed by atoms with van der Waals surface area (Å²) in [5.74, 6) is -0.100. The number of ether oxygens (including phenoxy) is 1. The third-order valence-electron chi connectivity index (χ3n) is 3.76. The maximum atomic E-state index is 12.5. The van der Waals surface area contributed by atoms with Crippen molar-refractivity contribution in [3.05, 3.63) is 60.2 Å². The normalized spacial score (nSPS) is 15.4. The van der Waals surface area contributed by atoms with E-state index in [0.29, 0.717) is 31.9 Å². The molecule has 0 N–H and O–H groups in total. The zero-order valence-electron chi connectivity index (χ0n) is 12.5. The summed E-state index contributed by atoms with van der Waals surface area (Å²) in [4.78, 5) is 14.5. The van der Waals surface area contributed by atoms with Crippen LogP contribution in [-0.4, -0.2) is 45.5 Å². The number of nitrogens with zero attached hydrogens (tertiary/aromatic N) is 1. The van der Waals surface area contributed by atoms with Crippen molar-refractivity contribution in [1.82, 2.24) is 4.90 Å². The van der Waals surface area contributed by atoms with E-state index in [1.807, 2.05) is 0 Å². The second-order valence-corrected chi connectivity index (χ2v) is 7.20. The Morgan fingerprint density at radius 2 is 1.43 bits per heavy atom. The van der Waals surface area contributed by atoms with Gasteiger partial charge in [0, 0.05) is 18.7 Å². The first-order chi connectivity index (χ1) is 11.1. The molecule has 6 heteroatoms. The maximum absolute atomic E-state index is 12.5. The summed E-state index contributed by atoms with van der Waals surface area (Å²) in [6.45, 7) is 2.18. The van der Waals surface area contributed by atoms with Gasteiger partial charge in [-0.05, 0) is 36.4 Å². The maximum Gasteiger partial charge on any atom is 0.254 e. The number of rotatable bonds is 3. The van der Waals surface area contributed by atoms with Crippen LogP contribution in [0.4, 0.5) is 0 Å². The van der Waals surface area contributed by atoms with Gasteiger partial charge in [0.1, 0.15) is 0 Å². The van der Waals surface area contributed by atoms with Gasteiger partial charge >= 0.3 is 0 Å². The van der Waals surface area contributed by atoms with Gasteiger partial charge in [0.15, 0.2) is 0 Å². The van der Waals surface area contributed by atoms with E-state index in [2.05, 4.69) is 0 Å². The number of sulfone groups is 1. The zero-order chi connectivity index (χ0) is 16.3. The number of hydrogen-bond acceptors (Lipinski definition) is 4. The Hall–Kier alpha value is -2.18. The van der Waals surface area contributed by atoms with Crippen molar-refractivity contribution < 1.29 is 17.9 Å². The number of carbonyl (C=O) groups excluding carboxylic acids is 1. The fourth-order valence-electron chi connectivity index (χ4n) is 2.46. The standard InChI is InChI=1S/C17H17NO4S/c19-17(18-10-12-22-13-11-18)14-6-8-16(9-7-14)23(20,21)15-4-2-1-3-5-15/h1-9H,10-13H2. The highest BCUT2D eigenvalue weighted by Crippen LogP contribution is 2.21. The van der Waals surface area contributed by atoms with Gasteiger partial charge in [0.05, 0.1) is 23.0 Å². The van der Waals surface area contributed by atoms with Crippen LogP contribution in [0.25, 0.3) is 0 Å². The molecule has 23 heavy (non-hydrogen) atoms. The summed E-state index contributed by atoms with van der Waals surface area (Å²) in [5.41, 5.74) is 0.485. The molecule has 0 saturated carbocycles. The van der Waals surface area contributed by atoms with Crippen LogP contribution in [0, 0.1) is 0 Å². The van der Waals surface area contributed by atoms with E-state index in [4.69, 9.17) is 4.74 Å². The van der Waals surface area contributed by atoms with Gasteiger partial charge in [-0.25, -0.2) is 8.42 Å². The number of carbonyl (C=O) groups is 1. The summed E-state index contributed by atoms with van der Waals surface area (Å²) >= 11 is 0. The van der Waals surface area contributed by atoms with E-state index in [1.54, 1.807) is 47.4 Å². The lowest BCUT2D eigenvalue weighted by atomic mass is 10.2. The lowest BCUT2D eigenvalue weighted by Gasteiger charge is -2.26. The molecule has 1 aliphatic heterocycles. The molecule has 2 aromatic rings. The highest BCUT2D eigenvalue weighted by Gasteiger charge is 2.21. The molecule has 120 valence electrons. The Kier molecular flexibility index (Phi) is 4.45. The van der Waals surface area contributed by atoms with E-state index in [-0.39, 0.29) is 15.7 Å². The van der Waals surface area contributed by atoms with Crippen LogP contribution in [-0.2, 0) is 14.6 Å². The highest BCUT2D eigenvalue weighted by atomic mass is 32.2. The quantitative estimate of drug-likeness (QED) is 0.863. The molecule has 2 aromatic carbocycles. The third kappa shape index (κ3) is 3.28. The average Bonchev–Trinajstić information content (AvgIpc) is 2.63. The lowest BCUT2D eigenvalue weighted by Crippen LogP contribution is -2.40. The molecule has 1 amide bonds. The molecule has 0 spiro atoms. The van der Waals surface area contributed by atoms with Gasteiger partial charge in [-0.15, -0.1) is 0 Å².